The number of para-hydroxylation sites is 2. The molecule has 0 saturated carbocycles. The fourth-order valence-electron chi connectivity index (χ4n) is 2.67. The molecule has 0 amide bonds. The first kappa shape index (κ1) is 12.5. The van der Waals surface area contributed by atoms with Crippen LogP contribution in [0.5, 0.6) is 0 Å². The van der Waals surface area contributed by atoms with Gasteiger partial charge in [0.1, 0.15) is 5.52 Å². The van der Waals surface area contributed by atoms with Crippen LogP contribution < -0.4 is 5.32 Å². The van der Waals surface area contributed by atoms with Gasteiger partial charge >= 0.3 is 0 Å². The Morgan fingerprint density at radius 2 is 2.00 bits per heavy atom. The summed E-state index contributed by atoms with van der Waals surface area (Å²) in [7, 11) is 0. The maximum Gasteiger partial charge on any atom is 0.295 e. The standard InChI is InChI=1S/C15H21N3O/c1-11(2)18-9-7-12(8-10-18)16-15-17-13-5-3-4-6-14(13)19-15/h3-6,11-12H,7-10H2,1-2H3,(H,16,17). The van der Waals surface area contributed by atoms with Gasteiger partial charge in [-0.2, -0.15) is 4.98 Å². The van der Waals surface area contributed by atoms with Gasteiger partial charge in [-0.25, -0.2) is 0 Å². The van der Waals surface area contributed by atoms with Gasteiger partial charge < -0.3 is 14.6 Å². The summed E-state index contributed by atoms with van der Waals surface area (Å²) in [5.74, 6) is 0. The molecule has 0 aliphatic carbocycles. The lowest BCUT2D eigenvalue weighted by atomic mass is 10.0. The smallest absolute Gasteiger partial charge is 0.295 e. The molecule has 1 saturated heterocycles. The van der Waals surface area contributed by atoms with Crippen molar-refractivity contribution in [3.05, 3.63) is 24.3 Å². The molecule has 1 N–H and O–H groups in total. The topological polar surface area (TPSA) is 41.3 Å². The third-order valence-corrected chi connectivity index (χ3v) is 3.88. The minimum Gasteiger partial charge on any atom is -0.424 e. The monoisotopic (exact) mass is 259 g/mol. The van der Waals surface area contributed by atoms with Crippen LogP contribution in [0, 0.1) is 0 Å². The van der Waals surface area contributed by atoms with Gasteiger partial charge in [0.25, 0.3) is 6.01 Å². The number of hydrogen-bond acceptors (Lipinski definition) is 4. The van der Waals surface area contributed by atoms with Crippen LogP contribution in [0.15, 0.2) is 28.7 Å². The van der Waals surface area contributed by atoms with Crippen molar-refractivity contribution in [2.24, 2.45) is 0 Å². The fraction of sp³-hybridized carbons (Fsp3) is 0.533. The molecule has 1 fully saturated rings. The van der Waals surface area contributed by atoms with Crippen LogP contribution in [0.3, 0.4) is 0 Å². The maximum atomic E-state index is 5.71. The van der Waals surface area contributed by atoms with Crippen molar-refractivity contribution in [3.8, 4) is 0 Å². The molecule has 4 nitrogen and oxygen atoms in total. The molecular weight excluding hydrogens is 238 g/mol. The minimum atomic E-state index is 0.475. The number of likely N-dealkylation sites (tertiary alicyclic amines) is 1. The highest BCUT2D eigenvalue weighted by Gasteiger charge is 2.21. The van der Waals surface area contributed by atoms with Crippen LogP contribution >= 0.6 is 0 Å². The molecule has 3 rings (SSSR count). The SMILES string of the molecule is CC(C)N1CCC(Nc2nc3ccccc3o2)CC1. The van der Waals surface area contributed by atoms with Crippen molar-refractivity contribution in [1.82, 2.24) is 9.88 Å². The van der Waals surface area contributed by atoms with Gasteiger partial charge in [0.2, 0.25) is 0 Å². The lowest BCUT2D eigenvalue weighted by Crippen LogP contribution is -2.42. The van der Waals surface area contributed by atoms with Gasteiger partial charge in [-0.1, -0.05) is 12.1 Å². The molecule has 19 heavy (non-hydrogen) atoms. The summed E-state index contributed by atoms with van der Waals surface area (Å²) in [4.78, 5) is 6.99. The van der Waals surface area contributed by atoms with E-state index in [4.69, 9.17) is 4.42 Å². The Labute approximate surface area is 113 Å². The van der Waals surface area contributed by atoms with Crippen molar-refractivity contribution >= 4 is 17.1 Å². The van der Waals surface area contributed by atoms with Crippen LogP contribution in [-0.4, -0.2) is 35.1 Å². The van der Waals surface area contributed by atoms with E-state index < -0.39 is 0 Å². The molecule has 102 valence electrons. The zero-order valence-corrected chi connectivity index (χ0v) is 11.6. The summed E-state index contributed by atoms with van der Waals surface area (Å²) in [6, 6.07) is 9.66. The lowest BCUT2D eigenvalue weighted by molar-refractivity contribution is 0.176. The number of nitrogens with one attached hydrogen (secondary N) is 1. The van der Waals surface area contributed by atoms with E-state index in [0.29, 0.717) is 18.1 Å². The number of fused-ring (bicyclic) bond motifs is 1. The zero-order chi connectivity index (χ0) is 13.2. The molecule has 0 atom stereocenters. The second-order valence-electron chi connectivity index (χ2n) is 5.54. The van der Waals surface area contributed by atoms with Crippen molar-refractivity contribution in [3.63, 3.8) is 0 Å². The van der Waals surface area contributed by atoms with Gasteiger partial charge in [-0.15, -0.1) is 0 Å². The summed E-state index contributed by atoms with van der Waals surface area (Å²) in [6.45, 7) is 6.81. The van der Waals surface area contributed by atoms with Crippen molar-refractivity contribution in [1.29, 1.82) is 0 Å². The first-order valence-corrected chi connectivity index (χ1v) is 7.08. The van der Waals surface area contributed by atoms with Crippen LogP contribution in [-0.2, 0) is 0 Å². The van der Waals surface area contributed by atoms with E-state index in [2.05, 4.69) is 29.0 Å². The summed E-state index contributed by atoms with van der Waals surface area (Å²) >= 11 is 0. The Balaban J connectivity index is 1.63. The number of oxazole rings is 1. The third-order valence-electron chi connectivity index (χ3n) is 3.88. The van der Waals surface area contributed by atoms with Crippen LogP contribution in [0.4, 0.5) is 6.01 Å². The average molecular weight is 259 g/mol. The van der Waals surface area contributed by atoms with E-state index in [9.17, 15) is 0 Å². The van der Waals surface area contributed by atoms with E-state index in [1.165, 1.54) is 0 Å². The predicted molar refractivity (Wildman–Crippen MR) is 77.4 cm³/mol. The van der Waals surface area contributed by atoms with Crippen LogP contribution in [0.2, 0.25) is 0 Å². The number of nitrogens with zero attached hydrogens (tertiary/aromatic N) is 2. The van der Waals surface area contributed by atoms with E-state index >= 15 is 0 Å². The van der Waals surface area contributed by atoms with E-state index in [0.717, 1.165) is 37.0 Å². The highest BCUT2D eigenvalue weighted by atomic mass is 16.4. The second kappa shape index (κ2) is 5.21. The highest BCUT2D eigenvalue weighted by molar-refractivity contribution is 5.74. The average Bonchev–Trinajstić information content (AvgIpc) is 2.81. The molecule has 1 aliphatic heterocycles. The Morgan fingerprint density at radius 3 is 2.68 bits per heavy atom. The predicted octanol–water partition coefficient (Wildman–Crippen LogP) is 3.11. The third kappa shape index (κ3) is 2.73. The zero-order valence-electron chi connectivity index (χ0n) is 11.6. The first-order valence-electron chi connectivity index (χ1n) is 7.08. The lowest BCUT2D eigenvalue weighted by Gasteiger charge is -2.34. The van der Waals surface area contributed by atoms with Gasteiger partial charge in [0.15, 0.2) is 5.58 Å². The Kier molecular flexibility index (Phi) is 3.42. The van der Waals surface area contributed by atoms with Gasteiger partial charge in [0, 0.05) is 25.2 Å². The number of anilines is 1. The largest absolute Gasteiger partial charge is 0.424 e. The molecule has 0 spiro atoms. The first-order chi connectivity index (χ1) is 9.22. The summed E-state index contributed by atoms with van der Waals surface area (Å²) in [5, 5.41) is 3.43. The Morgan fingerprint density at radius 1 is 1.26 bits per heavy atom. The quantitative estimate of drug-likeness (QED) is 0.919. The second-order valence-corrected chi connectivity index (χ2v) is 5.54. The molecule has 0 unspecified atom stereocenters. The van der Waals surface area contributed by atoms with E-state index in [-0.39, 0.29) is 0 Å². The summed E-state index contributed by atoms with van der Waals surface area (Å²) in [5.41, 5.74) is 1.77. The van der Waals surface area contributed by atoms with Gasteiger partial charge in [-0.3, -0.25) is 0 Å². The molecule has 1 aromatic carbocycles. The highest BCUT2D eigenvalue weighted by Crippen LogP contribution is 2.21. The number of piperidine rings is 1. The normalized spacial score (nSPS) is 18.3. The van der Waals surface area contributed by atoms with Crippen molar-refractivity contribution in [2.75, 3.05) is 18.4 Å². The van der Waals surface area contributed by atoms with Crippen molar-refractivity contribution in [2.45, 2.75) is 38.8 Å². The number of aromatic nitrogens is 1. The Bertz CT molecular complexity index is 508. The molecule has 1 aliphatic rings. The molecular formula is C15H21N3O. The van der Waals surface area contributed by atoms with Crippen molar-refractivity contribution < 1.29 is 4.42 Å². The van der Waals surface area contributed by atoms with Crippen LogP contribution in [0.1, 0.15) is 26.7 Å². The molecule has 4 heteroatoms. The number of rotatable bonds is 3. The summed E-state index contributed by atoms with van der Waals surface area (Å²) < 4.78 is 5.71. The molecule has 2 heterocycles. The van der Waals surface area contributed by atoms with Gasteiger partial charge in [-0.05, 0) is 38.8 Å². The molecule has 2 aromatic rings. The Hall–Kier alpha value is -1.55. The summed E-state index contributed by atoms with van der Waals surface area (Å²) in [6.07, 6.45) is 2.30. The van der Waals surface area contributed by atoms with E-state index in [1.807, 2.05) is 24.3 Å². The van der Waals surface area contributed by atoms with E-state index in [1.54, 1.807) is 0 Å². The molecule has 0 radical (unpaired) electrons. The molecule has 0 bridgehead atoms. The maximum absolute atomic E-state index is 5.71. The fourth-order valence-corrected chi connectivity index (χ4v) is 2.67. The van der Waals surface area contributed by atoms with Crippen LogP contribution in [0.25, 0.3) is 11.1 Å². The van der Waals surface area contributed by atoms with Gasteiger partial charge in [0.05, 0.1) is 0 Å². The number of hydrogen-bond donors (Lipinski definition) is 1. The molecule has 1 aromatic heterocycles. The number of benzene rings is 1. The minimum absolute atomic E-state index is 0.475.